The molecule has 13 atom stereocenters. The molecular formula is C73H121N19O21. The van der Waals surface area contributed by atoms with Gasteiger partial charge in [-0.3, -0.25) is 86.7 Å². The van der Waals surface area contributed by atoms with Crippen LogP contribution in [0.2, 0.25) is 0 Å². The van der Waals surface area contributed by atoms with E-state index >= 15 is 0 Å². The highest BCUT2D eigenvalue weighted by atomic mass is 16.4. The number of nitrogens with two attached hydrogens (primary N) is 5. The number of carbonyl (C=O) groups excluding carboxylic acids is 13. The summed E-state index contributed by atoms with van der Waals surface area (Å²) in [5.41, 5.74) is 28.2. The minimum absolute atomic E-state index is 0.0105. The van der Waals surface area contributed by atoms with Crippen molar-refractivity contribution in [1.82, 2.24) is 63.8 Å². The summed E-state index contributed by atoms with van der Waals surface area (Å²) in [4.78, 5) is 236. The average Bonchev–Trinajstić information content (AvgIpc) is 0.859. The van der Waals surface area contributed by atoms with Gasteiger partial charge in [0.05, 0.1) is 13.0 Å². The van der Waals surface area contributed by atoms with E-state index in [0.29, 0.717) is 18.4 Å². The predicted molar refractivity (Wildman–Crippen MR) is 413 cm³/mol. The number of nitrogens with one attached hydrogen (secondary N) is 12. The third-order valence-electron chi connectivity index (χ3n) is 18.1. The second kappa shape index (κ2) is 54.4. The molecule has 1 rings (SSSR count). The molecular weight excluding hydrogens is 1480 g/mol. The van der Waals surface area contributed by atoms with Crippen LogP contribution in [0.15, 0.2) is 40.3 Å². The average molecular weight is 1600 g/mol. The smallest absolute Gasteiger partial charge is 0.326 e. The number of primary amides is 1. The van der Waals surface area contributed by atoms with E-state index in [-0.39, 0.29) is 88.2 Å². The SMILES string of the molecule is CCCCCCCCCC(=O)N[C@H](C(=O)N[C@@H](C)C(=O)N[C@@H](CCC(N)=O)C(=O)N[C@@H](CCC(=O)O)C(=O)N[C@@H](CC(C)C)C(=O)N[C@@H](CCCN=C(N)N)C(=O)N[C@@H](CCCN=C(N)N)C(=O)N[C@H](C(=O)NCC(=O)N[C@@H](CC(=O)O)C(=O)N[C@@H](CCC(=O)O)C(=O)N[C@@H](Cc1ccccc1)C(=O)O)[C@@H](C)CC)[C@@H](C)CC. The Labute approximate surface area is 657 Å². The second-order valence-electron chi connectivity index (χ2n) is 28.2. The topological polar surface area (TPSA) is 670 Å². The number of nitrogens with zero attached hydrogens (tertiary/aromatic N) is 2. The fourth-order valence-electron chi connectivity index (χ4n) is 11.3. The number of carbonyl (C=O) groups is 17. The fraction of sp³-hybridized carbons (Fsp3) is 0.658. The van der Waals surface area contributed by atoms with Gasteiger partial charge in [-0.25, -0.2) is 4.79 Å². The number of benzene rings is 1. The van der Waals surface area contributed by atoms with Crippen LogP contribution in [-0.4, -0.2) is 219 Å². The molecule has 0 heterocycles. The Hall–Kier alpha value is -11.3. The van der Waals surface area contributed by atoms with Gasteiger partial charge in [-0.15, -0.1) is 0 Å². The molecule has 1 aromatic rings. The minimum atomic E-state index is -1.99. The maximum atomic E-state index is 14.7. The van der Waals surface area contributed by atoms with Crippen LogP contribution in [0.4, 0.5) is 0 Å². The Bertz CT molecular complexity index is 3390. The number of carboxylic acids is 4. The van der Waals surface area contributed by atoms with Gasteiger partial charge in [-0.05, 0) is 88.0 Å². The van der Waals surface area contributed by atoms with Crippen molar-refractivity contribution in [1.29, 1.82) is 0 Å². The fourth-order valence-corrected chi connectivity index (χ4v) is 11.3. The number of hydrogen-bond donors (Lipinski definition) is 21. The van der Waals surface area contributed by atoms with Crippen molar-refractivity contribution in [2.75, 3.05) is 19.6 Å². The van der Waals surface area contributed by atoms with Gasteiger partial charge in [0.1, 0.15) is 66.5 Å². The third kappa shape index (κ3) is 42.7. The van der Waals surface area contributed by atoms with Gasteiger partial charge in [0.2, 0.25) is 76.8 Å². The Kier molecular flexibility index (Phi) is 48.0. The number of unbranched alkanes of at least 4 members (excludes halogenated alkanes) is 6. The summed E-state index contributed by atoms with van der Waals surface area (Å²) in [5.74, 6) is -21.0. The molecule has 0 aliphatic heterocycles. The Morgan fingerprint density at radius 3 is 1.22 bits per heavy atom. The van der Waals surface area contributed by atoms with E-state index in [2.05, 4.69) is 80.7 Å². The number of hydrogen-bond acceptors (Lipinski definition) is 19. The predicted octanol–water partition coefficient (Wildman–Crippen LogP) is -2.36. The third-order valence-corrected chi connectivity index (χ3v) is 18.1. The van der Waals surface area contributed by atoms with Crippen LogP contribution in [0.25, 0.3) is 0 Å². The van der Waals surface area contributed by atoms with Gasteiger partial charge in [0.25, 0.3) is 0 Å². The first kappa shape index (κ1) is 99.8. The summed E-state index contributed by atoms with van der Waals surface area (Å²) in [6, 6.07) is -9.34. The Balaban J connectivity index is 3.64. The number of rotatable bonds is 59. The van der Waals surface area contributed by atoms with Gasteiger partial charge in [0, 0.05) is 45.2 Å². The zero-order valence-corrected chi connectivity index (χ0v) is 65.9. The molecule has 13 amide bonds. The van der Waals surface area contributed by atoms with E-state index < -0.39 is 225 Å². The monoisotopic (exact) mass is 1600 g/mol. The summed E-state index contributed by atoms with van der Waals surface area (Å²) in [6.07, 6.45) is 1.90. The van der Waals surface area contributed by atoms with Gasteiger partial charge in [-0.2, -0.15) is 0 Å². The van der Waals surface area contributed by atoms with E-state index in [1.165, 1.54) is 6.92 Å². The van der Waals surface area contributed by atoms with Crippen LogP contribution in [0.1, 0.15) is 202 Å². The molecule has 40 heteroatoms. The van der Waals surface area contributed by atoms with Crippen LogP contribution in [0.5, 0.6) is 0 Å². The lowest BCUT2D eigenvalue weighted by Crippen LogP contribution is -2.60. The largest absolute Gasteiger partial charge is 0.481 e. The van der Waals surface area contributed by atoms with Crippen molar-refractivity contribution in [3.63, 3.8) is 0 Å². The molecule has 0 radical (unpaired) electrons. The van der Waals surface area contributed by atoms with Crippen LogP contribution in [0, 0.1) is 17.8 Å². The zero-order chi connectivity index (χ0) is 85.4. The molecule has 0 unspecified atom stereocenters. The molecule has 26 N–H and O–H groups in total. The molecule has 40 nitrogen and oxygen atoms in total. The first-order valence-corrected chi connectivity index (χ1v) is 38.1. The number of carboxylic acid groups (broad SMARTS) is 4. The molecule has 0 saturated carbocycles. The molecule has 0 aliphatic carbocycles. The van der Waals surface area contributed by atoms with Crippen molar-refractivity contribution >= 4 is 113 Å². The van der Waals surface area contributed by atoms with Gasteiger partial charge in [-0.1, -0.05) is 130 Å². The molecule has 0 spiro atoms. The normalized spacial score (nSPS) is 14.4. The van der Waals surface area contributed by atoms with Gasteiger partial charge in [0.15, 0.2) is 11.9 Å². The van der Waals surface area contributed by atoms with Crippen LogP contribution in [0.3, 0.4) is 0 Å². The van der Waals surface area contributed by atoms with E-state index in [4.69, 9.17) is 28.7 Å². The number of guanidine groups is 2. The zero-order valence-electron chi connectivity index (χ0n) is 65.9. The Morgan fingerprint density at radius 2 is 0.788 bits per heavy atom. The van der Waals surface area contributed by atoms with Crippen molar-refractivity contribution in [2.24, 2.45) is 56.4 Å². The quantitative estimate of drug-likeness (QED) is 0.0184. The van der Waals surface area contributed by atoms with E-state index in [1.807, 2.05) is 6.92 Å². The highest BCUT2D eigenvalue weighted by molar-refractivity contribution is 6.00. The lowest BCUT2D eigenvalue weighted by molar-refractivity contribution is -0.143. The molecule has 0 fully saturated rings. The second-order valence-corrected chi connectivity index (χ2v) is 28.2. The molecule has 0 aromatic heterocycles. The van der Waals surface area contributed by atoms with Crippen molar-refractivity contribution in [3.8, 4) is 0 Å². The van der Waals surface area contributed by atoms with Crippen molar-refractivity contribution < 1.29 is 102 Å². The summed E-state index contributed by atoms with van der Waals surface area (Å²) in [7, 11) is 0. The van der Waals surface area contributed by atoms with Gasteiger partial charge < -0.3 is 113 Å². The van der Waals surface area contributed by atoms with Crippen LogP contribution in [-0.2, 0) is 87.9 Å². The molecule has 113 heavy (non-hydrogen) atoms. The molecule has 634 valence electrons. The summed E-state index contributed by atoms with van der Waals surface area (Å²) >= 11 is 0. The van der Waals surface area contributed by atoms with Crippen LogP contribution >= 0.6 is 0 Å². The molecule has 0 bridgehead atoms. The summed E-state index contributed by atoms with van der Waals surface area (Å²) in [5, 5.41) is 68.2. The number of aliphatic imine (C=N–C) groups is 2. The lowest BCUT2D eigenvalue weighted by atomic mass is 9.97. The van der Waals surface area contributed by atoms with Crippen molar-refractivity contribution in [3.05, 3.63) is 35.9 Å². The lowest BCUT2D eigenvalue weighted by Gasteiger charge is -2.29. The maximum Gasteiger partial charge on any atom is 0.326 e. The Morgan fingerprint density at radius 1 is 0.381 bits per heavy atom. The number of aliphatic carboxylic acids is 4. The van der Waals surface area contributed by atoms with E-state index in [1.54, 1.807) is 65.0 Å². The van der Waals surface area contributed by atoms with E-state index in [9.17, 15) is 102 Å². The summed E-state index contributed by atoms with van der Waals surface area (Å²) < 4.78 is 0. The number of amides is 13. The minimum Gasteiger partial charge on any atom is -0.481 e. The maximum absolute atomic E-state index is 14.7. The van der Waals surface area contributed by atoms with Gasteiger partial charge >= 0.3 is 23.9 Å². The molecule has 0 aliphatic rings. The van der Waals surface area contributed by atoms with Crippen molar-refractivity contribution in [2.45, 2.75) is 270 Å². The van der Waals surface area contributed by atoms with E-state index in [0.717, 1.165) is 38.5 Å². The first-order valence-electron chi connectivity index (χ1n) is 38.1. The highest BCUT2D eigenvalue weighted by Gasteiger charge is 2.38. The first-order chi connectivity index (χ1) is 53.2. The molecule has 1 aromatic carbocycles. The standard InChI is InChI=1S/C73H121N19O21/c1-9-12-13-14-15-16-20-27-54(94)91-60(42(7)11-3)70(111)82-43(8)61(102)84-47(28-31-53(74)93)63(104)87-48(29-32-56(96)97)64(105)89-50(36-40(4)5)67(108)86-45(25-21-34-79-72(75)76)62(103)85-46(26-22-35-80-73(77)78)66(107)92-59(41(6)10-2)69(110)81-39-55(95)83-51(38-58(100)101)68(109)88-49(30-33-57(98)99)65(106)90-52(71(112)113)37-44-23-18-17-19-24-44/h17-19,23-24,40-43,45-52,59-60H,9-16,20-22,25-39H2,1-8H3,(H2,74,93)(H,81,110)(H,82,111)(H,83,95)(H,84,102)(H,85,103)(H,86,108)(H,87,104)(H,88,109)(H,89,105)(H,90,106)(H,91,94)(H,92,107)(H,96,97)(H,98,99)(H,100,101)(H,112,113)(H4,75,76,79)(H4,77,78,80)/t41-,42-,43-,45-,46-,47-,48-,49-,50-,51-,52-,59-,60-/m0/s1. The molecule has 0 saturated heterocycles. The van der Waals surface area contributed by atoms with Crippen LogP contribution < -0.4 is 92.5 Å². The summed E-state index contributed by atoms with van der Waals surface area (Å²) in [6.45, 7) is 12.3. The highest BCUT2D eigenvalue weighted by Crippen LogP contribution is 2.16.